The van der Waals surface area contributed by atoms with E-state index in [2.05, 4.69) is 5.32 Å². The fourth-order valence-corrected chi connectivity index (χ4v) is 3.12. The van der Waals surface area contributed by atoms with E-state index in [1.165, 1.54) is 0 Å². The number of benzene rings is 1. The minimum Gasteiger partial charge on any atom is -0.314 e. The van der Waals surface area contributed by atoms with Crippen LogP contribution in [0.3, 0.4) is 0 Å². The van der Waals surface area contributed by atoms with Crippen molar-refractivity contribution >= 4 is 21.4 Å². The first-order valence-corrected chi connectivity index (χ1v) is 7.70. The second-order valence-corrected chi connectivity index (χ2v) is 6.57. The maximum atomic E-state index is 12.0. The number of sulfone groups is 1. The lowest BCUT2D eigenvalue weighted by Gasteiger charge is -2.12. The van der Waals surface area contributed by atoms with Gasteiger partial charge in [-0.15, -0.1) is 0 Å². The highest BCUT2D eigenvalue weighted by Gasteiger charge is 2.15. The van der Waals surface area contributed by atoms with Crippen LogP contribution in [0.2, 0.25) is 5.02 Å². The number of halogens is 1. The predicted molar refractivity (Wildman–Crippen MR) is 71.3 cm³/mol. The van der Waals surface area contributed by atoms with Gasteiger partial charge in [0.05, 0.1) is 10.6 Å². The highest BCUT2D eigenvalue weighted by molar-refractivity contribution is 7.91. The number of hydrogen-bond acceptors (Lipinski definition) is 3. The smallest absolute Gasteiger partial charge is 0.178 e. The van der Waals surface area contributed by atoms with Crippen molar-refractivity contribution in [2.45, 2.75) is 31.2 Å². The lowest BCUT2D eigenvalue weighted by Crippen LogP contribution is -2.27. The molecule has 5 heteroatoms. The summed E-state index contributed by atoms with van der Waals surface area (Å²) in [5.74, 6) is 0.156. The van der Waals surface area contributed by atoms with Crippen molar-refractivity contribution in [3.63, 3.8) is 0 Å². The predicted octanol–water partition coefficient (Wildman–Crippen LogP) is 2.50. The number of hydrogen-bond donors (Lipinski definition) is 1. The third-order valence-corrected chi connectivity index (χ3v) is 4.56. The summed E-state index contributed by atoms with van der Waals surface area (Å²) in [5, 5.41) is 3.74. The first-order chi connectivity index (χ1) is 7.95. The zero-order valence-electron chi connectivity index (χ0n) is 10.1. The molecular weight excluding hydrogens is 258 g/mol. The standard InChI is InChI=1S/C12H18ClNO2S/c1-3-14-10(2)8-9-17(15,16)12-6-4-11(13)5-7-12/h4-7,10,14H,3,8-9H2,1-2H3. The molecule has 96 valence electrons. The Kier molecular flexibility index (Phi) is 5.43. The molecule has 0 aliphatic rings. The first kappa shape index (κ1) is 14.5. The summed E-state index contributed by atoms with van der Waals surface area (Å²) in [6, 6.07) is 6.51. The molecule has 0 bridgehead atoms. The highest BCUT2D eigenvalue weighted by atomic mass is 35.5. The van der Waals surface area contributed by atoms with Gasteiger partial charge in [-0.1, -0.05) is 18.5 Å². The second kappa shape index (κ2) is 6.38. The maximum Gasteiger partial charge on any atom is 0.178 e. The number of rotatable bonds is 6. The average Bonchev–Trinajstić information content (AvgIpc) is 2.28. The van der Waals surface area contributed by atoms with E-state index in [4.69, 9.17) is 11.6 Å². The molecule has 3 nitrogen and oxygen atoms in total. The molecule has 0 aliphatic carbocycles. The minimum atomic E-state index is -3.19. The van der Waals surface area contributed by atoms with Crippen molar-refractivity contribution in [2.75, 3.05) is 12.3 Å². The highest BCUT2D eigenvalue weighted by Crippen LogP contribution is 2.16. The molecule has 1 aromatic carbocycles. The van der Waals surface area contributed by atoms with Gasteiger partial charge in [0.1, 0.15) is 0 Å². The average molecular weight is 276 g/mol. The Labute approximate surface area is 108 Å². The Morgan fingerprint density at radius 3 is 2.41 bits per heavy atom. The quantitative estimate of drug-likeness (QED) is 0.868. The van der Waals surface area contributed by atoms with Crippen LogP contribution in [0.1, 0.15) is 20.3 Å². The Morgan fingerprint density at radius 2 is 1.88 bits per heavy atom. The van der Waals surface area contributed by atoms with Crippen molar-refractivity contribution < 1.29 is 8.42 Å². The van der Waals surface area contributed by atoms with E-state index >= 15 is 0 Å². The molecule has 17 heavy (non-hydrogen) atoms. The molecule has 0 aliphatic heterocycles. The van der Waals surface area contributed by atoms with Gasteiger partial charge in [-0.25, -0.2) is 8.42 Å². The van der Waals surface area contributed by atoms with E-state index in [0.717, 1.165) is 6.54 Å². The van der Waals surface area contributed by atoms with Crippen LogP contribution in [0.4, 0.5) is 0 Å². The van der Waals surface area contributed by atoms with E-state index in [-0.39, 0.29) is 11.8 Å². The molecule has 0 radical (unpaired) electrons. The van der Waals surface area contributed by atoms with Crippen molar-refractivity contribution in [3.05, 3.63) is 29.3 Å². The number of nitrogens with one attached hydrogen (secondary N) is 1. The van der Waals surface area contributed by atoms with E-state index < -0.39 is 9.84 Å². The summed E-state index contributed by atoms with van der Waals surface area (Å²) in [7, 11) is -3.19. The molecular formula is C12H18ClNO2S. The molecule has 1 unspecified atom stereocenters. The maximum absolute atomic E-state index is 12.0. The third kappa shape index (κ3) is 4.66. The fraction of sp³-hybridized carbons (Fsp3) is 0.500. The van der Waals surface area contributed by atoms with Gasteiger partial charge in [0.2, 0.25) is 0 Å². The van der Waals surface area contributed by atoms with Gasteiger partial charge < -0.3 is 5.32 Å². The summed E-state index contributed by atoms with van der Waals surface area (Å²) in [6.45, 7) is 4.84. The van der Waals surface area contributed by atoms with Crippen molar-refractivity contribution in [1.82, 2.24) is 5.32 Å². The van der Waals surface area contributed by atoms with Crippen LogP contribution in [-0.4, -0.2) is 26.8 Å². The monoisotopic (exact) mass is 275 g/mol. The van der Waals surface area contributed by atoms with E-state index in [9.17, 15) is 8.42 Å². The molecule has 0 amide bonds. The molecule has 1 N–H and O–H groups in total. The summed E-state index contributed by atoms with van der Waals surface area (Å²) < 4.78 is 24.0. The normalized spacial score (nSPS) is 13.6. The Morgan fingerprint density at radius 1 is 1.29 bits per heavy atom. The van der Waals surface area contributed by atoms with E-state index in [1.54, 1.807) is 24.3 Å². The van der Waals surface area contributed by atoms with Gasteiger partial charge in [-0.05, 0) is 44.2 Å². The molecule has 0 heterocycles. The van der Waals surface area contributed by atoms with E-state index in [0.29, 0.717) is 16.3 Å². The molecule has 1 rings (SSSR count). The zero-order chi connectivity index (χ0) is 12.9. The Bertz CT molecular complexity index is 442. The van der Waals surface area contributed by atoms with Gasteiger partial charge in [0.15, 0.2) is 9.84 Å². The summed E-state index contributed by atoms with van der Waals surface area (Å²) in [5.41, 5.74) is 0. The summed E-state index contributed by atoms with van der Waals surface area (Å²) in [4.78, 5) is 0.339. The van der Waals surface area contributed by atoms with Crippen LogP contribution >= 0.6 is 11.6 Å². The molecule has 1 aromatic rings. The van der Waals surface area contributed by atoms with Gasteiger partial charge in [-0.2, -0.15) is 0 Å². The van der Waals surface area contributed by atoms with Gasteiger partial charge in [0, 0.05) is 11.1 Å². The van der Waals surface area contributed by atoms with Crippen LogP contribution in [0.5, 0.6) is 0 Å². The first-order valence-electron chi connectivity index (χ1n) is 5.67. The molecule has 0 spiro atoms. The van der Waals surface area contributed by atoms with Gasteiger partial charge in [0.25, 0.3) is 0 Å². The minimum absolute atomic E-state index is 0.156. The van der Waals surface area contributed by atoms with Crippen LogP contribution in [-0.2, 0) is 9.84 Å². The Hall–Kier alpha value is -0.580. The fourth-order valence-electron chi connectivity index (χ4n) is 1.54. The van der Waals surface area contributed by atoms with Crippen LogP contribution in [0, 0.1) is 0 Å². The second-order valence-electron chi connectivity index (χ2n) is 4.02. The lowest BCUT2D eigenvalue weighted by molar-refractivity contribution is 0.541. The van der Waals surface area contributed by atoms with Crippen LogP contribution in [0.15, 0.2) is 29.2 Å². The topological polar surface area (TPSA) is 46.2 Å². The molecule has 0 saturated heterocycles. The summed E-state index contributed by atoms with van der Waals surface area (Å²) in [6.07, 6.45) is 0.610. The SMILES string of the molecule is CCNC(C)CCS(=O)(=O)c1ccc(Cl)cc1. The van der Waals surface area contributed by atoms with E-state index in [1.807, 2.05) is 13.8 Å². The van der Waals surface area contributed by atoms with Crippen LogP contribution in [0.25, 0.3) is 0 Å². The van der Waals surface area contributed by atoms with Crippen LogP contribution < -0.4 is 5.32 Å². The molecule has 0 fully saturated rings. The molecule has 0 aromatic heterocycles. The van der Waals surface area contributed by atoms with Crippen molar-refractivity contribution in [2.24, 2.45) is 0 Å². The Balaban J connectivity index is 2.66. The third-order valence-electron chi connectivity index (χ3n) is 2.54. The summed E-state index contributed by atoms with van der Waals surface area (Å²) >= 11 is 5.73. The lowest BCUT2D eigenvalue weighted by atomic mass is 10.3. The zero-order valence-corrected chi connectivity index (χ0v) is 11.7. The van der Waals surface area contributed by atoms with Crippen molar-refractivity contribution in [1.29, 1.82) is 0 Å². The van der Waals surface area contributed by atoms with Gasteiger partial charge in [-0.3, -0.25) is 0 Å². The molecule has 0 saturated carbocycles. The van der Waals surface area contributed by atoms with Gasteiger partial charge >= 0.3 is 0 Å². The van der Waals surface area contributed by atoms with Crippen molar-refractivity contribution in [3.8, 4) is 0 Å². The largest absolute Gasteiger partial charge is 0.314 e. The molecule has 1 atom stereocenters.